The van der Waals surface area contributed by atoms with Crippen LogP contribution in [0.2, 0.25) is 0 Å². The van der Waals surface area contributed by atoms with E-state index in [9.17, 15) is 14.7 Å². The van der Waals surface area contributed by atoms with Crippen molar-refractivity contribution >= 4 is 18.0 Å². The lowest BCUT2D eigenvalue weighted by Gasteiger charge is -2.16. The third-order valence-corrected chi connectivity index (χ3v) is 4.15. The second kappa shape index (κ2) is 10.1. The number of benzene rings is 2. The van der Waals surface area contributed by atoms with Crippen molar-refractivity contribution in [2.75, 3.05) is 11.9 Å². The highest BCUT2D eigenvalue weighted by Gasteiger charge is 2.14. The molecule has 31 heavy (non-hydrogen) atoms. The minimum atomic E-state index is -0.652. The summed E-state index contributed by atoms with van der Waals surface area (Å²) in [4.78, 5) is 31.8. The lowest BCUT2D eigenvalue weighted by molar-refractivity contribution is 0.102. The van der Waals surface area contributed by atoms with E-state index in [1.807, 2.05) is 0 Å². The van der Waals surface area contributed by atoms with Gasteiger partial charge in [0.05, 0.1) is 24.7 Å². The van der Waals surface area contributed by atoms with E-state index < -0.39 is 12.0 Å². The van der Waals surface area contributed by atoms with Gasteiger partial charge in [0.15, 0.2) is 5.82 Å². The van der Waals surface area contributed by atoms with Crippen LogP contribution in [0.1, 0.15) is 26.4 Å². The lowest BCUT2D eigenvalue weighted by atomic mass is 10.1. The monoisotopic (exact) mass is 419 g/mol. The van der Waals surface area contributed by atoms with Crippen LogP contribution in [0, 0.1) is 6.92 Å². The molecule has 1 aromatic heterocycles. The fraction of sp³-hybridized carbons (Fsp3) is 0.130. The van der Waals surface area contributed by atoms with Gasteiger partial charge in [0.2, 0.25) is 0 Å². The molecular weight excluding hydrogens is 398 g/mol. The molecule has 2 aromatic carbocycles. The summed E-state index contributed by atoms with van der Waals surface area (Å²) in [6.07, 6.45) is 4.54. The Bertz CT molecular complexity index is 1070. The van der Waals surface area contributed by atoms with Gasteiger partial charge in [-0.2, -0.15) is 0 Å². The van der Waals surface area contributed by atoms with Crippen LogP contribution in [0.25, 0.3) is 0 Å². The summed E-state index contributed by atoms with van der Waals surface area (Å²) < 4.78 is 11.5. The number of rotatable bonds is 9. The van der Waals surface area contributed by atoms with E-state index in [4.69, 9.17) is 9.47 Å². The highest BCUT2D eigenvalue weighted by molar-refractivity contribution is 6.04. The fourth-order valence-corrected chi connectivity index (χ4v) is 2.56. The molecule has 158 valence electrons. The molecule has 0 aliphatic heterocycles. The van der Waals surface area contributed by atoms with Crippen molar-refractivity contribution in [2.45, 2.75) is 13.0 Å². The maximum absolute atomic E-state index is 12.8. The summed E-state index contributed by atoms with van der Waals surface area (Å²) in [6.45, 7) is 5.13. The van der Waals surface area contributed by atoms with Gasteiger partial charge in [-0.3, -0.25) is 14.6 Å². The molecular formula is C23H21N3O5. The molecule has 8 nitrogen and oxygen atoms in total. The van der Waals surface area contributed by atoms with Crippen LogP contribution >= 0.6 is 0 Å². The highest BCUT2D eigenvalue weighted by atomic mass is 16.5. The smallest absolute Gasteiger partial charge is 0.257 e. The number of ether oxygens (including phenoxy) is 2. The lowest BCUT2D eigenvalue weighted by Crippen LogP contribution is -2.18. The highest BCUT2D eigenvalue weighted by Crippen LogP contribution is 2.29. The molecule has 3 aromatic rings. The van der Waals surface area contributed by atoms with E-state index in [0.717, 1.165) is 12.0 Å². The maximum Gasteiger partial charge on any atom is 0.257 e. The van der Waals surface area contributed by atoms with Gasteiger partial charge in [-0.25, -0.2) is 4.98 Å². The number of nitrogens with zero attached hydrogens (tertiary/aromatic N) is 2. The first-order valence-electron chi connectivity index (χ1n) is 9.39. The molecule has 0 saturated heterocycles. The van der Waals surface area contributed by atoms with Gasteiger partial charge in [-0.05, 0) is 49.4 Å². The van der Waals surface area contributed by atoms with Crippen molar-refractivity contribution in [1.82, 2.24) is 9.97 Å². The summed E-state index contributed by atoms with van der Waals surface area (Å²) in [7, 11) is 0. The summed E-state index contributed by atoms with van der Waals surface area (Å²) in [6, 6.07) is 11.2. The van der Waals surface area contributed by atoms with E-state index in [0.29, 0.717) is 28.6 Å². The fourth-order valence-electron chi connectivity index (χ4n) is 2.56. The zero-order valence-corrected chi connectivity index (χ0v) is 16.8. The molecule has 2 N–H and O–H groups in total. The van der Waals surface area contributed by atoms with Gasteiger partial charge in [-0.15, -0.1) is 0 Å². The van der Waals surface area contributed by atoms with Crippen LogP contribution in [0.3, 0.4) is 0 Å². The number of aliphatic hydroxyl groups excluding tert-OH is 1. The Kier molecular flexibility index (Phi) is 7.08. The van der Waals surface area contributed by atoms with Gasteiger partial charge in [0, 0.05) is 17.2 Å². The standard InChI is InChI=1S/C23H21N3O5/c1-3-18(14-28)30-20-8-17(23(29)26-22-12-24-15(2)11-25-22)9-21(10-20)31-19-6-4-16(13-27)5-7-19/h3-13,18,28H,1,14H2,2H3,(H,25,26,29). The van der Waals surface area contributed by atoms with E-state index >= 15 is 0 Å². The largest absolute Gasteiger partial charge is 0.484 e. The molecule has 0 aliphatic rings. The molecule has 0 bridgehead atoms. The Morgan fingerprint density at radius 1 is 1.13 bits per heavy atom. The zero-order valence-electron chi connectivity index (χ0n) is 16.8. The normalized spacial score (nSPS) is 11.3. The second-order valence-electron chi connectivity index (χ2n) is 6.55. The quantitative estimate of drug-likeness (QED) is 0.403. The molecule has 0 fully saturated rings. The number of aldehydes is 1. The average Bonchev–Trinajstić information content (AvgIpc) is 2.79. The van der Waals surface area contributed by atoms with E-state index in [2.05, 4.69) is 21.9 Å². The predicted octanol–water partition coefficient (Wildman–Crippen LogP) is 3.57. The Morgan fingerprint density at radius 3 is 2.48 bits per heavy atom. The summed E-state index contributed by atoms with van der Waals surface area (Å²) in [5.41, 5.74) is 1.49. The maximum atomic E-state index is 12.8. The Hall–Kier alpha value is -4.04. The number of carbonyl (C=O) groups is 2. The van der Waals surface area contributed by atoms with Crippen LogP contribution in [0.4, 0.5) is 5.82 Å². The molecule has 3 rings (SSSR count). The van der Waals surface area contributed by atoms with Crippen LogP contribution in [-0.4, -0.2) is 40.0 Å². The molecule has 8 heteroatoms. The minimum absolute atomic E-state index is 0.250. The van der Waals surface area contributed by atoms with E-state index in [-0.39, 0.29) is 12.2 Å². The number of aryl methyl sites for hydroxylation is 1. The van der Waals surface area contributed by atoms with E-state index in [1.165, 1.54) is 18.3 Å². The molecule has 1 amide bonds. The van der Waals surface area contributed by atoms with Gasteiger partial charge in [-0.1, -0.05) is 6.58 Å². The Labute approximate surface area is 179 Å². The number of hydrogen-bond acceptors (Lipinski definition) is 7. The van der Waals surface area contributed by atoms with Gasteiger partial charge in [0.25, 0.3) is 5.91 Å². The molecule has 1 atom stereocenters. The van der Waals surface area contributed by atoms with Crippen LogP contribution < -0.4 is 14.8 Å². The SMILES string of the molecule is C=CC(CO)Oc1cc(Oc2ccc(C=O)cc2)cc(C(=O)Nc2cnc(C)cn2)c1. The molecule has 1 unspecified atom stereocenters. The van der Waals surface area contributed by atoms with Crippen LogP contribution in [0.5, 0.6) is 17.2 Å². The summed E-state index contributed by atoms with van der Waals surface area (Å²) >= 11 is 0. The molecule has 0 aliphatic carbocycles. The van der Waals surface area contributed by atoms with Crippen molar-refractivity contribution in [3.05, 3.63) is 84.3 Å². The number of carbonyl (C=O) groups excluding carboxylic acids is 2. The van der Waals surface area contributed by atoms with Gasteiger partial charge in [0.1, 0.15) is 29.6 Å². The molecule has 0 radical (unpaired) electrons. The summed E-state index contributed by atoms with van der Waals surface area (Å²) in [5, 5.41) is 12.1. The van der Waals surface area contributed by atoms with Crippen molar-refractivity contribution in [3.63, 3.8) is 0 Å². The predicted molar refractivity (Wildman–Crippen MR) is 115 cm³/mol. The minimum Gasteiger partial charge on any atom is -0.484 e. The third-order valence-electron chi connectivity index (χ3n) is 4.15. The average molecular weight is 419 g/mol. The van der Waals surface area contributed by atoms with Gasteiger partial charge < -0.3 is 19.9 Å². The number of anilines is 1. The number of aromatic nitrogens is 2. The van der Waals surface area contributed by atoms with Crippen molar-refractivity contribution in [1.29, 1.82) is 0 Å². The molecule has 0 saturated carbocycles. The van der Waals surface area contributed by atoms with Crippen molar-refractivity contribution < 1.29 is 24.2 Å². The van der Waals surface area contributed by atoms with Crippen LogP contribution in [0.15, 0.2) is 67.5 Å². The first-order chi connectivity index (χ1) is 15.0. The van der Waals surface area contributed by atoms with Crippen LogP contribution in [-0.2, 0) is 0 Å². The number of aliphatic hydroxyl groups is 1. The first kappa shape index (κ1) is 21.7. The Morgan fingerprint density at radius 2 is 1.87 bits per heavy atom. The summed E-state index contributed by atoms with van der Waals surface area (Å²) in [5.74, 6) is 0.969. The van der Waals surface area contributed by atoms with Gasteiger partial charge >= 0.3 is 0 Å². The van der Waals surface area contributed by atoms with Crippen molar-refractivity contribution in [2.24, 2.45) is 0 Å². The third kappa shape index (κ3) is 5.97. The topological polar surface area (TPSA) is 111 Å². The molecule has 0 spiro atoms. The zero-order chi connectivity index (χ0) is 22.2. The first-order valence-corrected chi connectivity index (χ1v) is 9.39. The van der Waals surface area contributed by atoms with E-state index in [1.54, 1.807) is 49.5 Å². The number of hydrogen-bond donors (Lipinski definition) is 2. The molecule has 1 heterocycles. The number of nitrogens with one attached hydrogen (secondary N) is 1. The number of amides is 1. The van der Waals surface area contributed by atoms with Crippen molar-refractivity contribution in [3.8, 4) is 17.2 Å². The Balaban J connectivity index is 1.89. The second-order valence-corrected chi connectivity index (χ2v) is 6.55.